The average molecular weight is 252 g/mol. The molecule has 3 N–H and O–H groups in total. The van der Waals surface area contributed by atoms with Crippen LogP contribution in [0, 0.1) is 5.92 Å². The molecule has 0 radical (unpaired) electrons. The zero-order chi connectivity index (χ0) is 12.7. The summed E-state index contributed by atoms with van der Waals surface area (Å²) >= 11 is 0. The number of nitrogens with zero attached hydrogens (tertiary/aromatic N) is 1. The monoisotopic (exact) mass is 252 g/mol. The minimum atomic E-state index is -2.33. The molecule has 0 aromatic rings. The lowest BCUT2D eigenvalue weighted by Crippen LogP contribution is -2.50. The second-order valence-corrected chi connectivity index (χ2v) is 4.59. The number of aliphatic hydroxyl groups is 2. The second-order valence-electron chi connectivity index (χ2n) is 4.59. The van der Waals surface area contributed by atoms with Crippen LogP contribution in [0.2, 0.25) is 0 Å². The molecular weight excluding hydrogens is 230 g/mol. The number of alkyl halides is 2. The maximum absolute atomic E-state index is 12.1. The van der Waals surface area contributed by atoms with Gasteiger partial charge in [0, 0.05) is 32.3 Å². The Hall–Kier alpha value is -0.300. The summed E-state index contributed by atoms with van der Waals surface area (Å²) < 4.78 is 24.2. The van der Waals surface area contributed by atoms with Gasteiger partial charge in [-0.3, -0.25) is 4.90 Å². The predicted molar refractivity (Wildman–Crippen MR) is 61.1 cm³/mol. The molecule has 0 aliphatic carbocycles. The first-order chi connectivity index (χ1) is 8.15. The van der Waals surface area contributed by atoms with E-state index in [1.165, 1.54) is 0 Å². The van der Waals surface area contributed by atoms with E-state index in [1.54, 1.807) is 0 Å². The van der Waals surface area contributed by atoms with Crippen LogP contribution in [0.3, 0.4) is 0 Å². The third kappa shape index (κ3) is 5.72. The first-order valence-electron chi connectivity index (χ1n) is 6.11. The molecule has 1 saturated heterocycles. The van der Waals surface area contributed by atoms with Gasteiger partial charge < -0.3 is 15.5 Å². The largest absolute Gasteiger partial charge is 0.396 e. The van der Waals surface area contributed by atoms with E-state index < -0.39 is 6.43 Å². The molecule has 6 heteroatoms. The maximum Gasteiger partial charge on any atom is 0.250 e. The molecule has 1 aliphatic heterocycles. The highest BCUT2D eigenvalue weighted by Crippen LogP contribution is 2.19. The normalized spacial score (nSPS) is 26.6. The van der Waals surface area contributed by atoms with E-state index in [4.69, 9.17) is 10.2 Å². The highest BCUT2D eigenvalue weighted by Gasteiger charge is 2.26. The number of hydrogen-bond acceptors (Lipinski definition) is 4. The van der Waals surface area contributed by atoms with Gasteiger partial charge in [-0.15, -0.1) is 0 Å². The molecule has 1 aliphatic rings. The molecular formula is C11H22F2N2O2. The second kappa shape index (κ2) is 7.92. The van der Waals surface area contributed by atoms with E-state index in [0.717, 1.165) is 13.0 Å². The minimum Gasteiger partial charge on any atom is -0.396 e. The molecule has 0 aromatic carbocycles. The van der Waals surface area contributed by atoms with Gasteiger partial charge in [0.25, 0.3) is 6.43 Å². The highest BCUT2D eigenvalue weighted by atomic mass is 19.3. The van der Waals surface area contributed by atoms with E-state index in [-0.39, 0.29) is 25.8 Å². The van der Waals surface area contributed by atoms with Crippen molar-refractivity contribution in [1.29, 1.82) is 0 Å². The van der Waals surface area contributed by atoms with Crippen LogP contribution in [0.25, 0.3) is 0 Å². The molecule has 0 spiro atoms. The van der Waals surface area contributed by atoms with Crippen molar-refractivity contribution < 1.29 is 19.0 Å². The molecule has 17 heavy (non-hydrogen) atoms. The molecule has 2 unspecified atom stereocenters. The minimum absolute atomic E-state index is 0.0286. The Balaban J connectivity index is 2.40. The van der Waals surface area contributed by atoms with Crippen molar-refractivity contribution in [3.63, 3.8) is 0 Å². The molecule has 1 fully saturated rings. The zero-order valence-corrected chi connectivity index (χ0v) is 9.99. The smallest absolute Gasteiger partial charge is 0.250 e. The lowest BCUT2D eigenvalue weighted by atomic mass is 9.91. The van der Waals surface area contributed by atoms with Gasteiger partial charge in [-0.2, -0.15) is 0 Å². The Morgan fingerprint density at radius 1 is 1.24 bits per heavy atom. The summed E-state index contributed by atoms with van der Waals surface area (Å²) in [5, 5.41) is 20.7. The van der Waals surface area contributed by atoms with E-state index in [1.807, 2.05) is 0 Å². The molecule has 2 atom stereocenters. The number of β-amino-alcohol motifs (C(OH)–C–C–N with tert-alkyl or cyclic N) is 1. The van der Waals surface area contributed by atoms with Crippen LogP contribution in [0.5, 0.6) is 0 Å². The number of hydrogen-bond donors (Lipinski definition) is 3. The van der Waals surface area contributed by atoms with Gasteiger partial charge >= 0.3 is 0 Å². The van der Waals surface area contributed by atoms with Crippen LogP contribution in [0.15, 0.2) is 0 Å². The SMILES string of the molecule is OCCC1CC(NCC(F)F)CN(CCO)C1. The van der Waals surface area contributed by atoms with E-state index in [0.29, 0.717) is 25.4 Å². The number of piperidine rings is 1. The summed E-state index contributed by atoms with van der Waals surface area (Å²) in [4.78, 5) is 2.06. The molecule has 4 nitrogen and oxygen atoms in total. The molecule has 0 aromatic heterocycles. The van der Waals surface area contributed by atoms with Crippen LogP contribution in [-0.2, 0) is 0 Å². The molecule has 0 saturated carbocycles. The van der Waals surface area contributed by atoms with E-state index in [2.05, 4.69) is 10.2 Å². The fourth-order valence-electron chi connectivity index (χ4n) is 2.42. The lowest BCUT2D eigenvalue weighted by molar-refractivity contribution is 0.0878. The number of aliphatic hydroxyl groups excluding tert-OH is 2. The van der Waals surface area contributed by atoms with Gasteiger partial charge in [0.05, 0.1) is 13.2 Å². The Labute approximate surface area is 101 Å². The number of likely N-dealkylation sites (tertiary alicyclic amines) is 1. The number of rotatable bonds is 7. The van der Waals surface area contributed by atoms with Gasteiger partial charge in [-0.1, -0.05) is 0 Å². The van der Waals surface area contributed by atoms with Gasteiger partial charge in [-0.25, -0.2) is 8.78 Å². The molecule has 1 heterocycles. The number of halogens is 2. The Kier molecular flexibility index (Phi) is 6.87. The summed E-state index contributed by atoms with van der Waals surface area (Å²) in [6, 6.07) is 0.0286. The van der Waals surface area contributed by atoms with Crippen LogP contribution in [-0.4, -0.2) is 67.0 Å². The van der Waals surface area contributed by atoms with E-state index >= 15 is 0 Å². The van der Waals surface area contributed by atoms with Gasteiger partial charge in [0.2, 0.25) is 0 Å². The van der Waals surface area contributed by atoms with Gasteiger partial charge in [-0.05, 0) is 18.8 Å². The summed E-state index contributed by atoms with van der Waals surface area (Å²) in [6.45, 7) is 1.99. The van der Waals surface area contributed by atoms with Crippen LogP contribution in [0.4, 0.5) is 8.78 Å². The van der Waals surface area contributed by atoms with Crippen molar-refractivity contribution in [2.24, 2.45) is 5.92 Å². The van der Waals surface area contributed by atoms with Gasteiger partial charge in [0.1, 0.15) is 0 Å². The van der Waals surface area contributed by atoms with Crippen LogP contribution < -0.4 is 5.32 Å². The number of nitrogens with one attached hydrogen (secondary N) is 1. The van der Waals surface area contributed by atoms with Crippen LogP contribution >= 0.6 is 0 Å². The first kappa shape index (κ1) is 14.8. The van der Waals surface area contributed by atoms with Crippen molar-refractivity contribution in [3.05, 3.63) is 0 Å². The van der Waals surface area contributed by atoms with Crippen molar-refractivity contribution in [3.8, 4) is 0 Å². The quantitative estimate of drug-likeness (QED) is 0.592. The van der Waals surface area contributed by atoms with Crippen molar-refractivity contribution in [2.45, 2.75) is 25.3 Å². The fourth-order valence-corrected chi connectivity index (χ4v) is 2.42. The maximum atomic E-state index is 12.1. The highest BCUT2D eigenvalue weighted by molar-refractivity contribution is 4.83. The van der Waals surface area contributed by atoms with Gasteiger partial charge in [0.15, 0.2) is 0 Å². The average Bonchev–Trinajstić information content (AvgIpc) is 2.27. The summed E-state index contributed by atoms with van der Waals surface area (Å²) in [5.74, 6) is 0.315. The predicted octanol–water partition coefficient (Wildman–Crippen LogP) is -0.0937. The Bertz CT molecular complexity index is 194. The third-order valence-corrected chi connectivity index (χ3v) is 3.13. The zero-order valence-electron chi connectivity index (χ0n) is 9.99. The first-order valence-corrected chi connectivity index (χ1v) is 6.11. The molecule has 0 bridgehead atoms. The van der Waals surface area contributed by atoms with Crippen molar-refractivity contribution >= 4 is 0 Å². The molecule has 102 valence electrons. The summed E-state index contributed by atoms with van der Waals surface area (Å²) in [5.41, 5.74) is 0. The van der Waals surface area contributed by atoms with Crippen LogP contribution in [0.1, 0.15) is 12.8 Å². The Morgan fingerprint density at radius 3 is 2.59 bits per heavy atom. The van der Waals surface area contributed by atoms with E-state index in [9.17, 15) is 8.78 Å². The Morgan fingerprint density at radius 2 is 2.00 bits per heavy atom. The molecule has 0 amide bonds. The lowest BCUT2D eigenvalue weighted by Gasteiger charge is -2.37. The fraction of sp³-hybridized carbons (Fsp3) is 1.00. The summed E-state index contributed by atoms with van der Waals surface area (Å²) in [6.07, 6.45) is -0.830. The van der Waals surface area contributed by atoms with Crippen molar-refractivity contribution in [1.82, 2.24) is 10.2 Å². The standard InChI is InChI=1S/C11H22F2N2O2/c12-11(13)6-14-10-5-9(1-3-16)7-15(8-10)2-4-17/h9-11,14,16-17H,1-8H2. The topological polar surface area (TPSA) is 55.7 Å². The molecule has 1 rings (SSSR count). The summed E-state index contributed by atoms with van der Waals surface area (Å²) in [7, 11) is 0. The van der Waals surface area contributed by atoms with Crippen molar-refractivity contribution in [2.75, 3.05) is 39.4 Å². The third-order valence-electron chi connectivity index (χ3n) is 3.13.